The molecule has 0 spiro atoms. The molecule has 2 atom stereocenters. The predicted octanol–water partition coefficient (Wildman–Crippen LogP) is 2.42. The summed E-state index contributed by atoms with van der Waals surface area (Å²) in [4.78, 5) is 14.4. The Bertz CT molecular complexity index is 904. The first-order valence-electron chi connectivity index (χ1n) is 8.86. The Morgan fingerprint density at radius 2 is 1.82 bits per heavy atom. The van der Waals surface area contributed by atoms with Crippen molar-refractivity contribution in [2.45, 2.75) is 25.7 Å². The highest BCUT2D eigenvalue weighted by atomic mass is 16.5. The van der Waals surface area contributed by atoms with E-state index in [1.807, 2.05) is 6.07 Å². The summed E-state index contributed by atoms with van der Waals surface area (Å²) >= 11 is 0. The van der Waals surface area contributed by atoms with Crippen molar-refractivity contribution < 1.29 is 24.1 Å². The van der Waals surface area contributed by atoms with Gasteiger partial charge in [0.25, 0.3) is 5.91 Å². The van der Waals surface area contributed by atoms with E-state index in [2.05, 4.69) is 0 Å². The summed E-state index contributed by atoms with van der Waals surface area (Å²) in [6, 6.07) is 12.1. The maximum atomic E-state index is 12.9. The molecule has 2 aromatic carbocycles. The molecule has 0 saturated carbocycles. The van der Waals surface area contributed by atoms with Crippen LogP contribution >= 0.6 is 0 Å². The van der Waals surface area contributed by atoms with Crippen molar-refractivity contribution in [1.29, 1.82) is 5.26 Å². The Balaban J connectivity index is 1.79. The van der Waals surface area contributed by atoms with Crippen molar-refractivity contribution in [2.75, 3.05) is 20.8 Å². The van der Waals surface area contributed by atoms with Crippen molar-refractivity contribution >= 4 is 5.91 Å². The Hall–Kier alpha value is -3.24. The lowest BCUT2D eigenvalue weighted by molar-refractivity contribution is -0.140. The lowest BCUT2D eigenvalue weighted by Crippen LogP contribution is -2.44. The van der Waals surface area contributed by atoms with Crippen molar-refractivity contribution in [3.05, 3.63) is 53.1 Å². The van der Waals surface area contributed by atoms with Gasteiger partial charge < -0.3 is 24.2 Å². The molecule has 1 aliphatic heterocycles. The molecule has 146 valence electrons. The van der Waals surface area contributed by atoms with Gasteiger partial charge in [-0.1, -0.05) is 0 Å². The number of benzene rings is 2. The average Bonchev–Trinajstić information content (AvgIpc) is 2.72. The van der Waals surface area contributed by atoms with Gasteiger partial charge in [-0.25, -0.2) is 0 Å². The molecule has 3 rings (SSSR count). The van der Waals surface area contributed by atoms with E-state index in [9.17, 15) is 9.90 Å². The number of carbonyl (C=O) groups excluding carboxylic acids is 1. The molecule has 1 heterocycles. The number of carbonyl (C=O) groups is 1. The zero-order valence-electron chi connectivity index (χ0n) is 16.0. The highest BCUT2D eigenvalue weighted by Crippen LogP contribution is 2.39. The Morgan fingerprint density at radius 3 is 2.43 bits per heavy atom. The van der Waals surface area contributed by atoms with Crippen LogP contribution in [-0.2, 0) is 11.3 Å². The molecule has 0 aromatic heterocycles. The summed E-state index contributed by atoms with van der Waals surface area (Å²) in [6.45, 7) is 2.08. The van der Waals surface area contributed by atoms with Crippen LogP contribution in [0.2, 0.25) is 0 Å². The lowest BCUT2D eigenvalue weighted by Gasteiger charge is -2.35. The number of amides is 1. The number of β-amino-alcohol motifs (C(OH)–C–C–N with tert-alkyl or cyclic N) is 1. The first-order valence-corrected chi connectivity index (χ1v) is 8.86. The van der Waals surface area contributed by atoms with Crippen LogP contribution in [0.3, 0.4) is 0 Å². The number of nitriles is 1. The number of ether oxygens (including phenoxy) is 3. The van der Waals surface area contributed by atoms with Crippen LogP contribution in [0, 0.1) is 11.3 Å². The number of rotatable bonds is 5. The maximum absolute atomic E-state index is 12.9. The van der Waals surface area contributed by atoms with Crippen molar-refractivity contribution in [3.63, 3.8) is 0 Å². The summed E-state index contributed by atoms with van der Waals surface area (Å²) in [5.74, 6) is 1.40. The first-order chi connectivity index (χ1) is 13.5. The zero-order valence-corrected chi connectivity index (χ0v) is 16.0. The second-order valence-electron chi connectivity index (χ2n) is 6.49. The second-order valence-corrected chi connectivity index (χ2v) is 6.49. The molecular formula is C21H22N2O5. The third-order valence-corrected chi connectivity index (χ3v) is 4.75. The molecule has 0 fully saturated rings. The van der Waals surface area contributed by atoms with Crippen LogP contribution in [0.4, 0.5) is 0 Å². The number of aliphatic hydroxyl groups is 1. The third kappa shape index (κ3) is 3.73. The summed E-state index contributed by atoms with van der Waals surface area (Å²) in [5, 5.41) is 19.5. The quantitative estimate of drug-likeness (QED) is 0.854. The Kier molecular flexibility index (Phi) is 5.71. The number of hydrogen-bond acceptors (Lipinski definition) is 6. The highest BCUT2D eigenvalue weighted by molar-refractivity contribution is 5.81. The van der Waals surface area contributed by atoms with E-state index < -0.39 is 12.2 Å². The fourth-order valence-corrected chi connectivity index (χ4v) is 3.36. The van der Waals surface area contributed by atoms with E-state index >= 15 is 0 Å². The van der Waals surface area contributed by atoms with Crippen molar-refractivity contribution in [1.82, 2.24) is 4.90 Å². The van der Waals surface area contributed by atoms with Crippen LogP contribution in [0.25, 0.3) is 0 Å². The van der Waals surface area contributed by atoms with Crippen LogP contribution in [0.1, 0.15) is 29.7 Å². The number of methoxy groups -OCH3 is 2. The average molecular weight is 382 g/mol. The fourth-order valence-electron chi connectivity index (χ4n) is 3.36. The Labute approximate surface area is 163 Å². The summed E-state index contributed by atoms with van der Waals surface area (Å²) in [5.41, 5.74) is 1.88. The predicted molar refractivity (Wildman–Crippen MR) is 101 cm³/mol. The Morgan fingerprint density at radius 1 is 1.18 bits per heavy atom. The molecule has 0 aliphatic carbocycles. The van der Waals surface area contributed by atoms with Crippen LogP contribution in [0.15, 0.2) is 36.4 Å². The van der Waals surface area contributed by atoms with Crippen LogP contribution in [-0.4, -0.2) is 42.8 Å². The lowest BCUT2D eigenvalue weighted by atomic mass is 9.95. The van der Waals surface area contributed by atoms with Gasteiger partial charge in [0.2, 0.25) is 0 Å². The van der Waals surface area contributed by atoms with Gasteiger partial charge in [-0.2, -0.15) is 5.26 Å². The van der Waals surface area contributed by atoms with Crippen molar-refractivity contribution in [3.8, 4) is 23.3 Å². The maximum Gasteiger partial charge on any atom is 0.263 e. The molecule has 7 nitrogen and oxygen atoms in total. The number of aliphatic hydroxyl groups excluding tert-OH is 1. The summed E-state index contributed by atoms with van der Waals surface area (Å²) in [6.07, 6.45) is -1.64. The molecule has 7 heteroatoms. The fraction of sp³-hybridized carbons (Fsp3) is 0.333. The summed E-state index contributed by atoms with van der Waals surface area (Å²) in [7, 11) is 3.09. The minimum absolute atomic E-state index is 0.135. The van der Waals surface area contributed by atoms with E-state index in [1.165, 1.54) is 0 Å². The van der Waals surface area contributed by atoms with Gasteiger partial charge in [0.1, 0.15) is 23.4 Å². The van der Waals surface area contributed by atoms with E-state index in [1.54, 1.807) is 62.4 Å². The summed E-state index contributed by atoms with van der Waals surface area (Å²) < 4.78 is 16.5. The second kappa shape index (κ2) is 8.19. The number of hydrogen-bond donors (Lipinski definition) is 1. The molecule has 1 amide bonds. The van der Waals surface area contributed by atoms with Gasteiger partial charge in [-0.3, -0.25) is 4.79 Å². The van der Waals surface area contributed by atoms with Gasteiger partial charge in [0.05, 0.1) is 38.9 Å². The van der Waals surface area contributed by atoms with Crippen LogP contribution in [0.5, 0.6) is 17.2 Å². The minimum atomic E-state index is -0.889. The minimum Gasteiger partial charge on any atom is -0.496 e. The smallest absolute Gasteiger partial charge is 0.263 e. The topological polar surface area (TPSA) is 92.0 Å². The molecule has 0 radical (unpaired) electrons. The molecule has 28 heavy (non-hydrogen) atoms. The monoisotopic (exact) mass is 382 g/mol. The molecule has 1 aliphatic rings. The molecular weight excluding hydrogens is 360 g/mol. The number of nitrogens with zero attached hydrogens (tertiary/aromatic N) is 2. The number of fused-ring (bicyclic) bond motifs is 1. The largest absolute Gasteiger partial charge is 0.496 e. The van der Waals surface area contributed by atoms with E-state index in [-0.39, 0.29) is 19.0 Å². The molecule has 2 aromatic rings. The zero-order chi connectivity index (χ0) is 20.3. The van der Waals surface area contributed by atoms with Gasteiger partial charge in [-0.15, -0.1) is 0 Å². The molecule has 0 unspecified atom stereocenters. The van der Waals surface area contributed by atoms with Crippen LogP contribution < -0.4 is 14.2 Å². The standard InChI is InChI=1S/C21H22N2O5/c1-13(28-15-6-4-14(10-22)5-7-15)21(25)23-11-16-18(26-2)8-9-19(27-3)20(16)17(24)12-23/h4-9,13,17,24H,11-12H2,1-3H3/t13-,17+/m1/s1. The van der Waals surface area contributed by atoms with E-state index in [0.29, 0.717) is 28.4 Å². The highest BCUT2D eigenvalue weighted by Gasteiger charge is 2.34. The SMILES string of the molecule is COc1ccc(OC)c2c1CN(C(=O)[C@@H](C)Oc1ccc(C#N)cc1)C[C@@H]2O. The van der Waals surface area contributed by atoms with E-state index in [4.69, 9.17) is 19.5 Å². The van der Waals surface area contributed by atoms with Gasteiger partial charge in [-0.05, 0) is 43.3 Å². The first kappa shape index (κ1) is 19.5. The van der Waals surface area contributed by atoms with Crippen molar-refractivity contribution in [2.24, 2.45) is 0 Å². The van der Waals surface area contributed by atoms with Gasteiger partial charge >= 0.3 is 0 Å². The normalized spacial score (nSPS) is 16.5. The van der Waals surface area contributed by atoms with Gasteiger partial charge in [0.15, 0.2) is 6.10 Å². The molecule has 1 N–H and O–H groups in total. The van der Waals surface area contributed by atoms with E-state index in [0.717, 1.165) is 5.56 Å². The third-order valence-electron chi connectivity index (χ3n) is 4.75. The molecule has 0 saturated heterocycles. The van der Waals surface area contributed by atoms with Gasteiger partial charge in [0, 0.05) is 11.1 Å². The molecule has 0 bridgehead atoms.